The third-order valence-corrected chi connectivity index (χ3v) is 4.10. The molecule has 1 saturated heterocycles. The Morgan fingerprint density at radius 1 is 1.08 bits per heavy atom. The van der Waals surface area contributed by atoms with Gasteiger partial charge in [0.25, 0.3) is 5.91 Å². The second-order valence-electron chi connectivity index (χ2n) is 5.86. The minimum Gasteiger partial charge on any atom is -0.496 e. The van der Waals surface area contributed by atoms with Crippen molar-refractivity contribution in [3.8, 4) is 5.75 Å². The molecule has 1 aromatic heterocycles. The lowest BCUT2D eigenvalue weighted by Crippen LogP contribution is -2.41. The molecule has 7 heteroatoms. The van der Waals surface area contributed by atoms with Gasteiger partial charge < -0.3 is 9.15 Å². The summed E-state index contributed by atoms with van der Waals surface area (Å²) in [5.74, 6) is 0.364. The molecule has 2 heterocycles. The number of hydrogen-bond acceptors (Lipinski definition) is 5. The quantitative estimate of drug-likeness (QED) is 0.811. The van der Waals surface area contributed by atoms with E-state index in [4.69, 9.17) is 9.15 Å². The highest BCUT2D eigenvalue weighted by atomic mass is 16.5. The van der Waals surface area contributed by atoms with Gasteiger partial charge in [-0.15, -0.1) is 0 Å². The SMILES string of the molecule is COc1ccccc1C(=O)NNC(=O)c1ccc(CN2CCCC2)o1. The third-order valence-electron chi connectivity index (χ3n) is 4.10. The minimum absolute atomic E-state index is 0.162. The van der Waals surface area contributed by atoms with Crippen molar-refractivity contribution in [3.63, 3.8) is 0 Å². The molecule has 0 atom stereocenters. The first-order valence-electron chi connectivity index (χ1n) is 8.22. The van der Waals surface area contributed by atoms with Crippen LogP contribution in [0.3, 0.4) is 0 Å². The first-order chi connectivity index (χ1) is 12.2. The van der Waals surface area contributed by atoms with Crippen LogP contribution in [0.15, 0.2) is 40.8 Å². The lowest BCUT2D eigenvalue weighted by atomic mass is 10.2. The number of benzene rings is 1. The number of hydrogen-bond donors (Lipinski definition) is 2. The largest absolute Gasteiger partial charge is 0.496 e. The topological polar surface area (TPSA) is 83.8 Å². The Bertz CT molecular complexity index is 750. The first kappa shape index (κ1) is 17.0. The van der Waals surface area contributed by atoms with Crippen LogP contribution in [-0.4, -0.2) is 36.9 Å². The number of hydrazine groups is 1. The molecule has 2 amide bonds. The minimum atomic E-state index is -0.504. The molecule has 2 aromatic rings. The van der Waals surface area contributed by atoms with Gasteiger partial charge in [-0.2, -0.15) is 0 Å². The molecule has 7 nitrogen and oxygen atoms in total. The molecular formula is C18H21N3O4. The van der Waals surface area contributed by atoms with E-state index in [1.54, 1.807) is 36.4 Å². The number of rotatable bonds is 5. The Morgan fingerprint density at radius 2 is 1.80 bits per heavy atom. The van der Waals surface area contributed by atoms with Crippen molar-refractivity contribution in [2.45, 2.75) is 19.4 Å². The number of methoxy groups -OCH3 is 1. The van der Waals surface area contributed by atoms with Crippen LogP contribution in [0.4, 0.5) is 0 Å². The molecule has 1 aliphatic heterocycles. The summed E-state index contributed by atoms with van der Waals surface area (Å²) in [5.41, 5.74) is 5.05. The zero-order valence-electron chi connectivity index (χ0n) is 14.1. The molecule has 1 aromatic carbocycles. The molecule has 25 heavy (non-hydrogen) atoms. The fraction of sp³-hybridized carbons (Fsp3) is 0.333. The molecule has 0 aliphatic carbocycles. The van der Waals surface area contributed by atoms with Crippen LogP contribution in [0, 0.1) is 0 Å². The molecule has 2 N–H and O–H groups in total. The molecule has 0 saturated carbocycles. The van der Waals surface area contributed by atoms with E-state index in [-0.39, 0.29) is 5.76 Å². The first-order valence-corrected chi connectivity index (χ1v) is 8.22. The molecule has 0 radical (unpaired) electrons. The van der Waals surface area contributed by atoms with Crippen LogP contribution >= 0.6 is 0 Å². The fourth-order valence-corrected chi connectivity index (χ4v) is 2.82. The molecule has 0 unspecified atom stereocenters. The van der Waals surface area contributed by atoms with E-state index in [0.29, 0.717) is 17.9 Å². The van der Waals surface area contributed by atoms with Crippen molar-refractivity contribution in [1.29, 1.82) is 0 Å². The Kier molecular flexibility index (Phi) is 5.35. The smallest absolute Gasteiger partial charge is 0.305 e. The number of para-hydroxylation sites is 1. The number of nitrogens with one attached hydrogen (secondary N) is 2. The van der Waals surface area contributed by atoms with Gasteiger partial charge >= 0.3 is 5.91 Å². The number of amides is 2. The average Bonchev–Trinajstić information content (AvgIpc) is 3.32. The molecular weight excluding hydrogens is 322 g/mol. The average molecular weight is 343 g/mol. The summed E-state index contributed by atoms with van der Waals surface area (Å²) >= 11 is 0. The number of furan rings is 1. The summed E-state index contributed by atoms with van der Waals surface area (Å²) in [6.07, 6.45) is 2.39. The fourth-order valence-electron chi connectivity index (χ4n) is 2.82. The predicted octanol–water partition coefficient (Wildman–Crippen LogP) is 1.96. The number of likely N-dealkylation sites (tertiary alicyclic amines) is 1. The van der Waals surface area contributed by atoms with E-state index >= 15 is 0 Å². The molecule has 1 aliphatic rings. The van der Waals surface area contributed by atoms with Gasteiger partial charge in [-0.25, -0.2) is 0 Å². The van der Waals surface area contributed by atoms with Gasteiger partial charge in [0, 0.05) is 0 Å². The summed E-state index contributed by atoms with van der Waals surface area (Å²) in [5, 5.41) is 0. The second-order valence-corrected chi connectivity index (χ2v) is 5.86. The van der Waals surface area contributed by atoms with Crippen molar-refractivity contribution < 1.29 is 18.7 Å². The second kappa shape index (κ2) is 7.85. The summed E-state index contributed by atoms with van der Waals surface area (Å²) in [7, 11) is 1.48. The maximum atomic E-state index is 12.2. The van der Waals surface area contributed by atoms with Gasteiger partial charge in [-0.3, -0.25) is 25.3 Å². The van der Waals surface area contributed by atoms with Crippen molar-refractivity contribution in [2.24, 2.45) is 0 Å². The van der Waals surface area contributed by atoms with E-state index in [1.165, 1.54) is 20.0 Å². The molecule has 0 bridgehead atoms. The number of ether oxygens (including phenoxy) is 1. The van der Waals surface area contributed by atoms with Crippen LogP contribution in [-0.2, 0) is 6.54 Å². The lowest BCUT2D eigenvalue weighted by Gasteiger charge is -2.11. The van der Waals surface area contributed by atoms with Crippen molar-refractivity contribution in [2.75, 3.05) is 20.2 Å². The van der Waals surface area contributed by atoms with Gasteiger partial charge in [0.2, 0.25) is 0 Å². The van der Waals surface area contributed by atoms with Crippen LogP contribution in [0.25, 0.3) is 0 Å². The van der Waals surface area contributed by atoms with E-state index < -0.39 is 11.8 Å². The van der Waals surface area contributed by atoms with E-state index in [1.807, 2.05) is 0 Å². The zero-order valence-corrected chi connectivity index (χ0v) is 14.1. The zero-order chi connectivity index (χ0) is 17.6. The van der Waals surface area contributed by atoms with Gasteiger partial charge in [0.15, 0.2) is 5.76 Å². The summed E-state index contributed by atoms with van der Waals surface area (Å²) in [6.45, 7) is 2.80. The highest BCUT2D eigenvalue weighted by molar-refractivity contribution is 5.99. The summed E-state index contributed by atoms with van der Waals surface area (Å²) < 4.78 is 10.7. The Hall–Kier alpha value is -2.80. The summed E-state index contributed by atoms with van der Waals surface area (Å²) in [6, 6.07) is 10.2. The predicted molar refractivity (Wildman–Crippen MR) is 91.1 cm³/mol. The number of carbonyl (C=O) groups is 2. The Balaban J connectivity index is 1.55. The normalized spacial score (nSPS) is 14.3. The van der Waals surface area contributed by atoms with Gasteiger partial charge in [-0.1, -0.05) is 12.1 Å². The molecule has 3 rings (SSSR count). The van der Waals surface area contributed by atoms with Crippen LogP contribution in [0.5, 0.6) is 5.75 Å². The monoisotopic (exact) mass is 343 g/mol. The standard InChI is InChI=1S/C18H21N3O4/c1-24-15-7-3-2-6-14(15)17(22)19-20-18(23)16-9-8-13(25-16)12-21-10-4-5-11-21/h2-3,6-9H,4-5,10-12H2,1H3,(H,19,22)(H,20,23). The van der Waals surface area contributed by atoms with Crippen molar-refractivity contribution in [1.82, 2.24) is 15.8 Å². The van der Waals surface area contributed by atoms with Crippen molar-refractivity contribution in [3.05, 3.63) is 53.5 Å². The number of carbonyl (C=O) groups excluding carboxylic acids is 2. The Morgan fingerprint density at radius 3 is 2.56 bits per heavy atom. The molecule has 0 spiro atoms. The van der Waals surface area contributed by atoms with E-state index in [9.17, 15) is 9.59 Å². The maximum absolute atomic E-state index is 12.2. The van der Waals surface area contributed by atoms with Crippen LogP contribution in [0.1, 0.15) is 39.5 Å². The summed E-state index contributed by atoms with van der Waals surface area (Å²) in [4.78, 5) is 26.6. The maximum Gasteiger partial charge on any atom is 0.305 e. The number of nitrogens with zero attached hydrogens (tertiary/aromatic N) is 1. The van der Waals surface area contributed by atoms with Crippen LogP contribution in [0.2, 0.25) is 0 Å². The van der Waals surface area contributed by atoms with Crippen molar-refractivity contribution >= 4 is 11.8 Å². The van der Waals surface area contributed by atoms with Gasteiger partial charge in [0.1, 0.15) is 11.5 Å². The molecule has 132 valence electrons. The van der Waals surface area contributed by atoms with E-state index in [0.717, 1.165) is 18.8 Å². The Labute approximate surface area is 145 Å². The van der Waals surface area contributed by atoms with Crippen LogP contribution < -0.4 is 15.6 Å². The van der Waals surface area contributed by atoms with E-state index in [2.05, 4.69) is 15.8 Å². The highest BCUT2D eigenvalue weighted by Crippen LogP contribution is 2.17. The lowest BCUT2D eigenvalue weighted by molar-refractivity contribution is 0.0827. The highest BCUT2D eigenvalue weighted by Gasteiger charge is 2.17. The third kappa shape index (κ3) is 4.19. The van der Waals surface area contributed by atoms with Gasteiger partial charge in [0.05, 0.1) is 19.2 Å². The van der Waals surface area contributed by atoms with Gasteiger partial charge in [-0.05, 0) is 50.2 Å². The molecule has 1 fully saturated rings.